The number of anilines is 1. The summed E-state index contributed by atoms with van der Waals surface area (Å²) < 4.78 is 5.39. The second kappa shape index (κ2) is 6.60. The first-order chi connectivity index (χ1) is 13.2. The van der Waals surface area contributed by atoms with E-state index in [0.29, 0.717) is 11.8 Å². The lowest BCUT2D eigenvalue weighted by Gasteiger charge is -2.27. The van der Waals surface area contributed by atoms with Crippen molar-refractivity contribution in [3.05, 3.63) is 46.9 Å². The molecule has 3 heterocycles. The van der Waals surface area contributed by atoms with Crippen LogP contribution in [0, 0.1) is 13.8 Å². The topological polar surface area (TPSA) is 58.3 Å². The van der Waals surface area contributed by atoms with Gasteiger partial charge in [0, 0.05) is 32.2 Å². The van der Waals surface area contributed by atoms with Crippen molar-refractivity contribution in [3.8, 4) is 0 Å². The summed E-state index contributed by atoms with van der Waals surface area (Å²) in [6, 6.07) is 9.53. The number of hydrogen-bond donors (Lipinski definition) is 0. The van der Waals surface area contributed by atoms with Gasteiger partial charge in [-0.15, -0.1) is 0 Å². The minimum atomic E-state index is 0.599. The molecule has 27 heavy (non-hydrogen) atoms. The zero-order chi connectivity index (χ0) is 18.4. The third kappa shape index (κ3) is 2.98. The summed E-state index contributed by atoms with van der Waals surface area (Å²) in [7, 11) is 0. The summed E-state index contributed by atoms with van der Waals surface area (Å²) in [5, 5.41) is 5.06. The van der Waals surface area contributed by atoms with Gasteiger partial charge in [0.05, 0.1) is 5.69 Å². The molecule has 140 valence electrons. The molecule has 2 aromatic heterocycles. The second-order valence-electron chi connectivity index (χ2n) is 7.75. The molecule has 6 heteroatoms. The van der Waals surface area contributed by atoms with Gasteiger partial charge in [0.1, 0.15) is 17.0 Å². The maximum atomic E-state index is 5.39. The Bertz CT molecular complexity index is 957. The van der Waals surface area contributed by atoms with Crippen molar-refractivity contribution in [2.75, 3.05) is 31.1 Å². The van der Waals surface area contributed by atoms with Gasteiger partial charge in [0.2, 0.25) is 0 Å². The summed E-state index contributed by atoms with van der Waals surface area (Å²) in [4.78, 5) is 14.2. The molecule has 2 aliphatic rings. The van der Waals surface area contributed by atoms with Gasteiger partial charge in [-0.3, -0.25) is 4.90 Å². The van der Waals surface area contributed by atoms with E-state index in [2.05, 4.69) is 44.2 Å². The summed E-state index contributed by atoms with van der Waals surface area (Å²) in [5.41, 5.74) is 4.52. The van der Waals surface area contributed by atoms with Crippen LogP contribution in [0.1, 0.15) is 29.1 Å². The lowest BCUT2D eigenvalue weighted by atomic mass is 10.1. The fourth-order valence-electron chi connectivity index (χ4n) is 4.61. The van der Waals surface area contributed by atoms with E-state index in [1.54, 1.807) is 0 Å². The molecule has 1 aromatic carbocycles. The van der Waals surface area contributed by atoms with Crippen LogP contribution in [0.15, 0.2) is 28.8 Å². The fraction of sp³-hybridized carbons (Fsp3) is 0.476. The van der Waals surface area contributed by atoms with Crippen LogP contribution >= 0.6 is 0 Å². The molecule has 0 bridgehead atoms. The van der Waals surface area contributed by atoms with Crippen molar-refractivity contribution in [2.45, 2.75) is 39.2 Å². The molecule has 0 unspecified atom stereocenters. The zero-order valence-electron chi connectivity index (χ0n) is 16.0. The first-order valence-corrected chi connectivity index (χ1v) is 9.85. The first-order valence-electron chi connectivity index (χ1n) is 9.85. The van der Waals surface area contributed by atoms with Crippen LogP contribution in [-0.4, -0.2) is 52.2 Å². The number of rotatable bonds is 2. The van der Waals surface area contributed by atoms with Gasteiger partial charge in [-0.25, -0.2) is 4.98 Å². The molecule has 0 amide bonds. The SMILES string of the molecule is Cc1nc(N2CCCN(C3Cc4ccccc4C3)CC2)c2c(C)noc2n1. The number of aryl methyl sites for hydroxylation is 2. The highest BCUT2D eigenvalue weighted by molar-refractivity contribution is 5.88. The molecule has 1 saturated heterocycles. The molecule has 0 N–H and O–H groups in total. The van der Waals surface area contributed by atoms with E-state index >= 15 is 0 Å². The monoisotopic (exact) mass is 363 g/mol. The van der Waals surface area contributed by atoms with Gasteiger partial charge in [-0.1, -0.05) is 29.4 Å². The van der Waals surface area contributed by atoms with Crippen LogP contribution in [0.4, 0.5) is 5.82 Å². The molecule has 0 atom stereocenters. The first kappa shape index (κ1) is 16.7. The molecular weight excluding hydrogens is 338 g/mol. The third-order valence-electron chi connectivity index (χ3n) is 5.98. The van der Waals surface area contributed by atoms with E-state index in [-0.39, 0.29) is 0 Å². The highest BCUT2D eigenvalue weighted by Gasteiger charge is 2.29. The normalized spacial score (nSPS) is 18.8. The van der Waals surface area contributed by atoms with E-state index in [0.717, 1.165) is 55.3 Å². The second-order valence-corrected chi connectivity index (χ2v) is 7.75. The quantitative estimate of drug-likeness (QED) is 0.698. The summed E-state index contributed by atoms with van der Waals surface area (Å²) in [5.74, 6) is 1.72. The number of hydrogen-bond acceptors (Lipinski definition) is 6. The number of benzene rings is 1. The van der Waals surface area contributed by atoms with Crippen molar-refractivity contribution in [2.24, 2.45) is 0 Å². The van der Waals surface area contributed by atoms with Crippen LogP contribution in [-0.2, 0) is 12.8 Å². The molecule has 0 radical (unpaired) electrons. The van der Waals surface area contributed by atoms with Crippen molar-refractivity contribution in [3.63, 3.8) is 0 Å². The predicted molar refractivity (Wildman–Crippen MR) is 105 cm³/mol. The maximum absolute atomic E-state index is 5.39. The highest BCUT2D eigenvalue weighted by Crippen LogP contribution is 2.29. The van der Waals surface area contributed by atoms with E-state index in [1.807, 2.05) is 13.8 Å². The van der Waals surface area contributed by atoms with Crippen molar-refractivity contribution in [1.29, 1.82) is 0 Å². The Labute approximate surface area is 159 Å². The van der Waals surface area contributed by atoms with Crippen molar-refractivity contribution >= 4 is 16.9 Å². The van der Waals surface area contributed by atoms with E-state index in [9.17, 15) is 0 Å². The number of fused-ring (bicyclic) bond motifs is 2. The lowest BCUT2D eigenvalue weighted by molar-refractivity contribution is 0.216. The largest absolute Gasteiger partial charge is 0.355 e. The summed E-state index contributed by atoms with van der Waals surface area (Å²) >= 11 is 0. The average molecular weight is 363 g/mol. The van der Waals surface area contributed by atoms with E-state index < -0.39 is 0 Å². The smallest absolute Gasteiger partial charge is 0.263 e. The molecule has 6 nitrogen and oxygen atoms in total. The predicted octanol–water partition coefficient (Wildman–Crippen LogP) is 2.91. The minimum Gasteiger partial charge on any atom is -0.355 e. The molecule has 0 spiro atoms. The maximum Gasteiger partial charge on any atom is 0.263 e. The van der Waals surface area contributed by atoms with Gasteiger partial charge < -0.3 is 9.42 Å². The number of nitrogens with zero attached hydrogens (tertiary/aromatic N) is 5. The Morgan fingerprint density at radius 3 is 2.52 bits per heavy atom. The number of aromatic nitrogens is 3. The fourth-order valence-corrected chi connectivity index (χ4v) is 4.61. The van der Waals surface area contributed by atoms with Gasteiger partial charge in [-0.05, 0) is 44.2 Å². The van der Waals surface area contributed by atoms with Gasteiger partial charge in [-0.2, -0.15) is 4.98 Å². The Balaban J connectivity index is 1.36. The van der Waals surface area contributed by atoms with Crippen LogP contribution in [0.3, 0.4) is 0 Å². The average Bonchev–Trinajstić information content (AvgIpc) is 3.16. The lowest BCUT2D eigenvalue weighted by Crippen LogP contribution is -2.39. The highest BCUT2D eigenvalue weighted by atomic mass is 16.5. The third-order valence-corrected chi connectivity index (χ3v) is 5.98. The zero-order valence-corrected chi connectivity index (χ0v) is 16.0. The van der Waals surface area contributed by atoms with Crippen LogP contribution in [0.2, 0.25) is 0 Å². The Kier molecular flexibility index (Phi) is 4.08. The summed E-state index contributed by atoms with van der Waals surface area (Å²) in [6.45, 7) is 8.07. The van der Waals surface area contributed by atoms with Gasteiger partial charge in [0.25, 0.3) is 5.71 Å². The molecule has 1 aliphatic carbocycles. The van der Waals surface area contributed by atoms with Gasteiger partial charge >= 0.3 is 0 Å². The van der Waals surface area contributed by atoms with Crippen molar-refractivity contribution in [1.82, 2.24) is 20.0 Å². The minimum absolute atomic E-state index is 0.599. The van der Waals surface area contributed by atoms with Crippen LogP contribution < -0.4 is 4.90 Å². The van der Waals surface area contributed by atoms with Crippen LogP contribution in [0.25, 0.3) is 11.1 Å². The molecule has 0 saturated carbocycles. The molecule has 3 aromatic rings. The molecular formula is C21H25N5O. The van der Waals surface area contributed by atoms with Crippen LogP contribution in [0.5, 0.6) is 0 Å². The Hall–Kier alpha value is -2.47. The van der Waals surface area contributed by atoms with E-state index in [1.165, 1.54) is 24.0 Å². The summed E-state index contributed by atoms with van der Waals surface area (Å²) in [6.07, 6.45) is 3.50. The molecule has 1 fully saturated rings. The Morgan fingerprint density at radius 1 is 0.963 bits per heavy atom. The molecule has 5 rings (SSSR count). The molecule has 1 aliphatic heterocycles. The van der Waals surface area contributed by atoms with Crippen molar-refractivity contribution < 1.29 is 4.52 Å². The van der Waals surface area contributed by atoms with Gasteiger partial charge in [0.15, 0.2) is 0 Å². The Morgan fingerprint density at radius 2 is 1.74 bits per heavy atom. The standard InChI is InChI=1S/C21H25N5O/c1-14-19-20(22-15(2)23-21(19)27-24-14)26-9-5-8-25(10-11-26)18-12-16-6-3-4-7-17(16)13-18/h3-4,6-7,18H,5,8-13H2,1-2H3. The van der Waals surface area contributed by atoms with E-state index in [4.69, 9.17) is 9.51 Å².